The van der Waals surface area contributed by atoms with Gasteiger partial charge in [0.15, 0.2) is 11.5 Å². The van der Waals surface area contributed by atoms with E-state index < -0.39 is 4.92 Å². The molecule has 0 unspecified atom stereocenters. The quantitative estimate of drug-likeness (QED) is 0.688. The molecule has 20 heavy (non-hydrogen) atoms. The number of furan rings is 1. The predicted octanol–water partition coefficient (Wildman–Crippen LogP) is 3.18. The third-order valence-corrected chi connectivity index (χ3v) is 3.06. The Bertz CT molecular complexity index is 670. The Kier molecular flexibility index (Phi) is 3.11. The maximum absolute atomic E-state index is 10.5. The Hall–Kier alpha value is -2.41. The van der Waals surface area contributed by atoms with E-state index in [-0.39, 0.29) is 19.2 Å². The fourth-order valence-electron chi connectivity index (χ4n) is 1.79. The molecule has 0 bridgehead atoms. The molecule has 0 fully saturated rings. The van der Waals surface area contributed by atoms with Gasteiger partial charge in [-0.15, -0.1) is 0 Å². The number of ether oxygens (including phenoxy) is 2. The van der Waals surface area contributed by atoms with E-state index in [0.29, 0.717) is 28.0 Å². The van der Waals surface area contributed by atoms with Crippen LogP contribution in [-0.4, -0.2) is 11.7 Å². The van der Waals surface area contributed by atoms with Crippen LogP contribution in [0.5, 0.6) is 11.5 Å². The van der Waals surface area contributed by atoms with Gasteiger partial charge in [-0.1, -0.05) is 11.6 Å². The molecule has 2 heterocycles. The number of hydrogen-bond donors (Lipinski definition) is 1. The lowest BCUT2D eigenvalue weighted by atomic mass is 10.2. The van der Waals surface area contributed by atoms with Crippen LogP contribution in [0.4, 0.5) is 11.6 Å². The van der Waals surface area contributed by atoms with Crippen LogP contribution in [0.2, 0.25) is 5.02 Å². The number of nitrogens with zero attached hydrogens (tertiary/aromatic N) is 1. The minimum absolute atomic E-state index is 0.166. The number of rotatable bonds is 4. The van der Waals surface area contributed by atoms with Crippen LogP contribution in [0.1, 0.15) is 5.76 Å². The van der Waals surface area contributed by atoms with E-state index in [1.165, 1.54) is 12.1 Å². The van der Waals surface area contributed by atoms with Gasteiger partial charge in [0.1, 0.15) is 10.7 Å². The molecule has 8 heteroatoms. The maximum Gasteiger partial charge on any atom is 0.433 e. The van der Waals surface area contributed by atoms with Gasteiger partial charge in [0.2, 0.25) is 6.79 Å². The highest BCUT2D eigenvalue weighted by atomic mass is 35.5. The summed E-state index contributed by atoms with van der Waals surface area (Å²) in [6, 6.07) is 6.20. The largest absolute Gasteiger partial charge is 0.454 e. The van der Waals surface area contributed by atoms with E-state index in [1.807, 2.05) is 0 Å². The van der Waals surface area contributed by atoms with Gasteiger partial charge in [-0.05, 0) is 6.07 Å². The van der Waals surface area contributed by atoms with Gasteiger partial charge in [-0.25, -0.2) is 0 Å². The van der Waals surface area contributed by atoms with Crippen LogP contribution >= 0.6 is 11.6 Å². The summed E-state index contributed by atoms with van der Waals surface area (Å²) in [5, 5.41) is 14.0. The molecule has 104 valence electrons. The standard InChI is InChI=1S/C12H9ClN2O5/c13-8-3-10-11(19-6-18-10)4-9(8)14-5-7-1-2-12(20-7)15(16)17/h1-4,14H,5-6H2. The topological polar surface area (TPSA) is 86.8 Å². The number of hydrogen-bond acceptors (Lipinski definition) is 6. The Balaban J connectivity index is 1.73. The molecule has 1 aliphatic heterocycles. The molecule has 0 amide bonds. The fourth-order valence-corrected chi connectivity index (χ4v) is 2.02. The lowest BCUT2D eigenvalue weighted by Crippen LogP contribution is -1.99. The average Bonchev–Trinajstić information content (AvgIpc) is 3.03. The molecule has 1 aromatic carbocycles. The lowest BCUT2D eigenvalue weighted by molar-refractivity contribution is -0.402. The van der Waals surface area contributed by atoms with E-state index in [1.54, 1.807) is 12.1 Å². The van der Waals surface area contributed by atoms with Crippen molar-refractivity contribution >= 4 is 23.2 Å². The van der Waals surface area contributed by atoms with Crippen molar-refractivity contribution in [3.05, 3.63) is 45.2 Å². The van der Waals surface area contributed by atoms with Gasteiger partial charge in [-0.2, -0.15) is 0 Å². The molecule has 7 nitrogen and oxygen atoms in total. The first kappa shape index (κ1) is 12.6. The van der Waals surface area contributed by atoms with Crippen molar-refractivity contribution < 1.29 is 18.8 Å². The lowest BCUT2D eigenvalue weighted by Gasteiger charge is -2.07. The molecule has 0 aliphatic carbocycles. The molecule has 2 aromatic rings. The highest BCUT2D eigenvalue weighted by Gasteiger charge is 2.17. The van der Waals surface area contributed by atoms with E-state index >= 15 is 0 Å². The number of fused-ring (bicyclic) bond motifs is 1. The molecule has 3 rings (SSSR count). The van der Waals surface area contributed by atoms with Crippen molar-refractivity contribution in [2.75, 3.05) is 12.1 Å². The van der Waals surface area contributed by atoms with Crippen LogP contribution in [-0.2, 0) is 6.54 Å². The molecular weight excluding hydrogens is 288 g/mol. The second-order valence-corrected chi connectivity index (χ2v) is 4.44. The third kappa shape index (κ3) is 2.35. The second-order valence-electron chi connectivity index (χ2n) is 4.04. The SMILES string of the molecule is O=[N+]([O-])c1ccc(CNc2cc3c(cc2Cl)OCO3)o1. The first-order chi connectivity index (χ1) is 9.63. The van der Waals surface area contributed by atoms with Crippen LogP contribution in [0.15, 0.2) is 28.7 Å². The Morgan fingerprint density at radius 2 is 2.05 bits per heavy atom. The minimum Gasteiger partial charge on any atom is -0.454 e. The van der Waals surface area contributed by atoms with Crippen LogP contribution in [0.3, 0.4) is 0 Å². The normalized spacial score (nSPS) is 12.4. The molecule has 1 aliphatic rings. The second kappa shape index (κ2) is 4.93. The van der Waals surface area contributed by atoms with Crippen LogP contribution in [0, 0.1) is 10.1 Å². The summed E-state index contributed by atoms with van der Waals surface area (Å²) < 4.78 is 15.5. The molecular formula is C12H9ClN2O5. The van der Waals surface area contributed by atoms with Crippen molar-refractivity contribution in [3.63, 3.8) is 0 Å². The molecule has 1 N–H and O–H groups in total. The van der Waals surface area contributed by atoms with Gasteiger partial charge in [0, 0.05) is 12.1 Å². The van der Waals surface area contributed by atoms with Crippen molar-refractivity contribution in [2.24, 2.45) is 0 Å². The minimum atomic E-state index is -0.586. The van der Waals surface area contributed by atoms with Gasteiger partial charge < -0.3 is 19.2 Å². The number of halogens is 1. The maximum atomic E-state index is 10.5. The van der Waals surface area contributed by atoms with E-state index in [9.17, 15) is 10.1 Å². The summed E-state index contributed by atoms with van der Waals surface area (Å²) in [6.45, 7) is 0.437. The zero-order valence-electron chi connectivity index (χ0n) is 10.1. The van der Waals surface area contributed by atoms with E-state index in [2.05, 4.69) is 5.32 Å². The van der Waals surface area contributed by atoms with Gasteiger partial charge in [0.25, 0.3) is 0 Å². The van der Waals surface area contributed by atoms with Crippen molar-refractivity contribution in [3.8, 4) is 11.5 Å². The van der Waals surface area contributed by atoms with Crippen LogP contribution in [0.25, 0.3) is 0 Å². The first-order valence-electron chi connectivity index (χ1n) is 5.69. The summed E-state index contributed by atoms with van der Waals surface area (Å²) in [5.74, 6) is 1.33. The van der Waals surface area contributed by atoms with Gasteiger partial charge >= 0.3 is 5.88 Å². The molecule has 0 saturated heterocycles. The highest BCUT2D eigenvalue weighted by Crippen LogP contribution is 2.39. The zero-order valence-corrected chi connectivity index (χ0v) is 10.8. The van der Waals surface area contributed by atoms with Crippen LogP contribution < -0.4 is 14.8 Å². The first-order valence-corrected chi connectivity index (χ1v) is 6.07. The summed E-state index contributed by atoms with van der Waals surface area (Å²) >= 11 is 6.09. The molecule has 0 spiro atoms. The molecule has 0 radical (unpaired) electrons. The summed E-state index contributed by atoms with van der Waals surface area (Å²) in [7, 11) is 0. The van der Waals surface area contributed by atoms with E-state index in [4.69, 9.17) is 25.5 Å². The number of nitro groups is 1. The summed E-state index contributed by atoms with van der Waals surface area (Å²) in [5.41, 5.74) is 0.634. The monoisotopic (exact) mass is 296 g/mol. The highest BCUT2D eigenvalue weighted by molar-refractivity contribution is 6.33. The average molecular weight is 297 g/mol. The van der Waals surface area contributed by atoms with Gasteiger partial charge in [-0.3, -0.25) is 10.1 Å². The van der Waals surface area contributed by atoms with Crippen molar-refractivity contribution in [1.82, 2.24) is 0 Å². The van der Waals surface area contributed by atoms with Gasteiger partial charge in [0.05, 0.1) is 23.3 Å². The Labute approximate surface area is 118 Å². The molecule has 0 saturated carbocycles. The summed E-state index contributed by atoms with van der Waals surface area (Å²) in [6.07, 6.45) is 0. The summed E-state index contributed by atoms with van der Waals surface area (Å²) in [4.78, 5) is 9.92. The molecule has 0 atom stereocenters. The Morgan fingerprint density at radius 1 is 1.30 bits per heavy atom. The zero-order chi connectivity index (χ0) is 14.1. The smallest absolute Gasteiger partial charge is 0.433 e. The van der Waals surface area contributed by atoms with Crippen molar-refractivity contribution in [1.29, 1.82) is 0 Å². The molecule has 1 aromatic heterocycles. The number of anilines is 1. The number of benzene rings is 1. The van der Waals surface area contributed by atoms with Crippen molar-refractivity contribution in [2.45, 2.75) is 6.54 Å². The predicted molar refractivity (Wildman–Crippen MR) is 70.3 cm³/mol. The fraction of sp³-hybridized carbons (Fsp3) is 0.167. The van der Waals surface area contributed by atoms with E-state index in [0.717, 1.165) is 0 Å². The Morgan fingerprint density at radius 3 is 2.75 bits per heavy atom. The number of nitrogens with one attached hydrogen (secondary N) is 1. The third-order valence-electron chi connectivity index (χ3n) is 2.74.